The first-order valence-corrected chi connectivity index (χ1v) is 5.65. The van der Waals surface area contributed by atoms with Crippen molar-refractivity contribution in [3.8, 4) is 5.75 Å². The summed E-state index contributed by atoms with van der Waals surface area (Å²) in [4.78, 5) is 14.8. The summed E-state index contributed by atoms with van der Waals surface area (Å²) in [7, 11) is 0. The molecule has 0 fully saturated rings. The van der Waals surface area contributed by atoms with Crippen LogP contribution in [-0.4, -0.2) is 21.2 Å². The summed E-state index contributed by atoms with van der Waals surface area (Å²) >= 11 is 2.04. The highest BCUT2D eigenvalue weighted by atomic mass is 127. The van der Waals surface area contributed by atoms with Gasteiger partial charge in [0.1, 0.15) is 11.3 Å². The molecule has 1 heterocycles. The van der Waals surface area contributed by atoms with E-state index in [0.29, 0.717) is 5.82 Å². The molecule has 0 aliphatic heterocycles. The first-order valence-electron chi connectivity index (χ1n) is 4.57. The van der Waals surface area contributed by atoms with Crippen LogP contribution in [0.25, 0.3) is 0 Å². The summed E-state index contributed by atoms with van der Waals surface area (Å²) in [5, 5.41) is 12.6. The molecule has 0 radical (unpaired) electrons. The number of aromatic carboxylic acids is 1. The molecule has 0 amide bonds. The van der Waals surface area contributed by atoms with Crippen LogP contribution in [0.5, 0.6) is 5.75 Å². The number of rotatable bonds is 4. The Kier molecular flexibility index (Phi) is 3.57. The number of benzene rings is 1. The summed E-state index contributed by atoms with van der Waals surface area (Å²) in [6, 6.07) is 4.90. The second-order valence-electron chi connectivity index (χ2n) is 3.08. The maximum atomic E-state index is 11.0. The van der Waals surface area contributed by atoms with Crippen LogP contribution < -0.4 is 4.74 Å². The number of halogens is 1. The van der Waals surface area contributed by atoms with Gasteiger partial charge in [0.25, 0.3) is 0 Å². The lowest BCUT2D eigenvalue weighted by Gasteiger charge is -2.07. The smallest absolute Gasteiger partial charge is 0.339 e. The fourth-order valence-corrected chi connectivity index (χ4v) is 1.68. The number of carboxylic acid groups (broad SMARTS) is 1. The Hall–Kier alpha value is -1.64. The van der Waals surface area contributed by atoms with Crippen molar-refractivity contribution in [2.24, 2.45) is 0 Å². The van der Waals surface area contributed by atoms with E-state index >= 15 is 0 Å². The van der Waals surface area contributed by atoms with Crippen molar-refractivity contribution < 1.29 is 19.2 Å². The zero-order valence-electron chi connectivity index (χ0n) is 8.46. The molecule has 1 aromatic carbocycles. The predicted molar refractivity (Wildman–Crippen MR) is 64.7 cm³/mol. The third-order valence-electron chi connectivity index (χ3n) is 1.94. The molecule has 2 aromatic rings. The zero-order chi connectivity index (χ0) is 12.3. The van der Waals surface area contributed by atoms with Crippen molar-refractivity contribution in [1.29, 1.82) is 0 Å². The van der Waals surface area contributed by atoms with Crippen LogP contribution in [0, 0.1) is 3.57 Å². The fourth-order valence-electron chi connectivity index (χ4n) is 1.19. The SMILES string of the molecule is O=C(O)c1cc(I)ccc1OCc1ncon1. The summed E-state index contributed by atoms with van der Waals surface area (Å²) in [6.45, 7) is 0.0668. The summed E-state index contributed by atoms with van der Waals surface area (Å²) in [5.74, 6) is -0.394. The molecular formula is C10H7IN2O4. The minimum absolute atomic E-state index is 0.0668. The van der Waals surface area contributed by atoms with Gasteiger partial charge in [0.2, 0.25) is 12.2 Å². The Morgan fingerprint density at radius 3 is 3.00 bits per heavy atom. The van der Waals surface area contributed by atoms with E-state index in [1.165, 1.54) is 12.5 Å². The van der Waals surface area contributed by atoms with E-state index in [-0.39, 0.29) is 17.9 Å². The van der Waals surface area contributed by atoms with Crippen LogP contribution in [0.3, 0.4) is 0 Å². The van der Waals surface area contributed by atoms with Gasteiger partial charge < -0.3 is 14.4 Å². The first kappa shape index (κ1) is 11.8. The Morgan fingerprint density at radius 1 is 1.53 bits per heavy atom. The van der Waals surface area contributed by atoms with Gasteiger partial charge in [0.15, 0.2) is 6.61 Å². The molecule has 0 aliphatic rings. The number of carboxylic acids is 1. The van der Waals surface area contributed by atoms with Crippen LogP contribution >= 0.6 is 22.6 Å². The van der Waals surface area contributed by atoms with Gasteiger partial charge in [-0.3, -0.25) is 0 Å². The highest BCUT2D eigenvalue weighted by Gasteiger charge is 2.12. The van der Waals surface area contributed by atoms with Gasteiger partial charge in [0, 0.05) is 3.57 Å². The molecule has 1 aromatic heterocycles. The molecule has 0 spiro atoms. The highest BCUT2D eigenvalue weighted by Crippen LogP contribution is 2.22. The molecule has 0 bridgehead atoms. The second-order valence-corrected chi connectivity index (χ2v) is 4.33. The van der Waals surface area contributed by atoms with Crippen molar-refractivity contribution in [3.05, 3.63) is 39.6 Å². The largest absolute Gasteiger partial charge is 0.485 e. The highest BCUT2D eigenvalue weighted by molar-refractivity contribution is 14.1. The van der Waals surface area contributed by atoms with E-state index < -0.39 is 5.97 Å². The number of nitrogens with zero attached hydrogens (tertiary/aromatic N) is 2. The molecule has 0 atom stereocenters. The molecule has 0 saturated heterocycles. The summed E-state index contributed by atoms with van der Waals surface area (Å²) in [6.07, 6.45) is 1.19. The number of aromatic nitrogens is 2. The van der Waals surface area contributed by atoms with Gasteiger partial charge in [-0.1, -0.05) is 5.16 Å². The molecule has 0 saturated carbocycles. The van der Waals surface area contributed by atoms with Crippen LogP contribution in [0.15, 0.2) is 29.1 Å². The summed E-state index contributed by atoms with van der Waals surface area (Å²) < 4.78 is 10.7. The monoisotopic (exact) mass is 346 g/mol. The Bertz CT molecular complexity index is 527. The average molecular weight is 346 g/mol. The van der Waals surface area contributed by atoms with Crippen molar-refractivity contribution in [1.82, 2.24) is 10.1 Å². The molecule has 6 nitrogen and oxygen atoms in total. The molecule has 0 unspecified atom stereocenters. The standard InChI is InChI=1S/C10H7IN2O4/c11-6-1-2-8(7(3-6)10(14)15)16-4-9-12-5-17-13-9/h1-3,5H,4H2,(H,14,15). The minimum atomic E-state index is -1.04. The Balaban J connectivity index is 2.17. The zero-order valence-corrected chi connectivity index (χ0v) is 10.6. The molecule has 2 rings (SSSR count). The van der Waals surface area contributed by atoms with E-state index in [2.05, 4.69) is 14.7 Å². The third-order valence-corrected chi connectivity index (χ3v) is 2.61. The number of hydrogen-bond acceptors (Lipinski definition) is 5. The maximum Gasteiger partial charge on any atom is 0.339 e. The first-order chi connectivity index (χ1) is 8.16. The van der Waals surface area contributed by atoms with Gasteiger partial charge in [-0.25, -0.2) is 4.79 Å². The maximum absolute atomic E-state index is 11.0. The van der Waals surface area contributed by atoms with E-state index in [9.17, 15) is 4.79 Å². The van der Waals surface area contributed by atoms with Crippen molar-refractivity contribution in [2.75, 3.05) is 0 Å². The van der Waals surface area contributed by atoms with Crippen LogP contribution in [0.1, 0.15) is 16.2 Å². The third kappa shape index (κ3) is 2.93. The van der Waals surface area contributed by atoms with Crippen molar-refractivity contribution in [3.63, 3.8) is 0 Å². The van der Waals surface area contributed by atoms with E-state index in [4.69, 9.17) is 9.84 Å². The normalized spacial score (nSPS) is 10.2. The molecule has 7 heteroatoms. The minimum Gasteiger partial charge on any atom is -0.485 e. The molecule has 88 valence electrons. The van der Waals surface area contributed by atoms with Gasteiger partial charge in [0.05, 0.1) is 0 Å². The molecular weight excluding hydrogens is 339 g/mol. The Morgan fingerprint density at radius 2 is 2.35 bits per heavy atom. The van der Waals surface area contributed by atoms with Crippen LogP contribution in [0.4, 0.5) is 0 Å². The summed E-state index contributed by atoms with van der Waals surface area (Å²) in [5.41, 5.74) is 0.111. The van der Waals surface area contributed by atoms with Gasteiger partial charge in [-0.2, -0.15) is 4.98 Å². The number of carbonyl (C=O) groups is 1. The lowest BCUT2D eigenvalue weighted by Crippen LogP contribution is -2.04. The van der Waals surface area contributed by atoms with Gasteiger partial charge in [-0.15, -0.1) is 0 Å². The van der Waals surface area contributed by atoms with Crippen LogP contribution in [0.2, 0.25) is 0 Å². The van der Waals surface area contributed by atoms with E-state index in [1.807, 2.05) is 22.6 Å². The lowest BCUT2D eigenvalue weighted by atomic mass is 10.2. The predicted octanol–water partition coefficient (Wildman–Crippen LogP) is 1.95. The topological polar surface area (TPSA) is 85.5 Å². The number of hydrogen-bond donors (Lipinski definition) is 1. The Labute approximate surface area is 110 Å². The molecule has 17 heavy (non-hydrogen) atoms. The molecule has 0 aliphatic carbocycles. The fraction of sp³-hybridized carbons (Fsp3) is 0.100. The van der Waals surface area contributed by atoms with Crippen LogP contribution in [-0.2, 0) is 6.61 Å². The lowest BCUT2D eigenvalue weighted by molar-refractivity contribution is 0.0691. The van der Waals surface area contributed by atoms with E-state index in [1.54, 1.807) is 12.1 Å². The average Bonchev–Trinajstić information content (AvgIpc) is 2.80. The molecule has 1 N–H and O–H groups in total. The van der Waals surface area contributed by atoms with Gasteiger partial charge >= 0.3 is 5.97 Å². The van der Waals surface area contributed by atoms with Crippen molar-refractivity contribution in [2.45, 2.75) is 6.61 Å². The van der Waals surface area contributed by atoms with Crippen molar-refractivity contribution >= 4 is 28.6 Å². The second kappa shape index (κ2) is 5.13. The number of ether oxygens (including phenoxy) is 1. The van der Waals surface area contributed by atoms with Gasteiger partial charge in [-0.05, 0) is 40.8 Å². The van der Waals surface area contributed by atoms with E-state index in [0.717, 1.165) is 3.57 Å². The quantitative estimate of drug-likeness (QED) is 0.852.